The van der Waals surface area contributed by atoms with E-state index >= 15 is 0 Å². The summed E-state index contributed by atoms with van der Waals surface area (Å²) in [5, 5.41) is 7.80. The molecule has 1 aromatic carbocycles. The summed E-state index contributed by atoms with van der Waals surface area (Å²) in [6, 6.07) is 7.63. The van der Waals surface area contributed by atoms with Crippen molar-refractivity contribution in [2.75, 3.05) is 20.3 Å². The van der Waals surface area contributed by atoms with Gasteiger partial charge in [-0.15, -0.1) is 0 Å². The molecule has 0 saturated carbocycles. The van der Waals surface area contributed by atoms with Crippen LogP contribution < -0.4 is 5.32 Å². The van der Waals surface area contributed by atoms with Crippen molar-refractivity contribution in [3.8, 4) is 0 Å². The van der Waals surface area contributed by atoms with Crippen LogP contribution in [0, 0.1) is 0 Å². The van der Waals surface area contributed by atoms with Crippen molar-refractivity contribution in [3.05, 3.63) is 46.6 Å². The van der Waals surface area contributed by atoms with Gasteiger partial charge in [0, 0.05) is 25.1 Å². The normalized spacial score (nSPS) is 10.8. The lowest BCUT2D eigenvalue weighted by Crippen LogP contribution is -2.18. The molecule has 1 aromatic heterocycles. The molecule has 2 aromatic rings. The molecule has 19 heavy (non-hydrogen) atoms. The number of aromatic nitrogens is 2. The molecule has 1 heterocycles. The molecule has 0 unspecified atom stereocenters. The summed E-state index contributed by atoms with van der Waals surface area (Å²) >= 11 is 5.93. The van der Waals surface area contributed by atoms with Gasteiger partial charge in [0.05, 0.1) is 13.2 Å². The van der Waals surface area contributed by atoms with Crippen LogP contribution in [0.15, 0.2) is 28.8 Å². The lowest BCUT2D eigenvalue weighted by molar-refractivity contribution is 0.197. The Bertz CT molecular complexity index is 516. The van der Waals surface area contributed by atoms with Crippen LogP contribution in [0.4, 0.5) is 0 Å². The third kappa shape index (κ3) is 4.63. The van der Waals surface area contributed by atoms with Gasteiger partial charge >= 0.3 is 0 Å². The highest BCUT2D eigenvalue weighted by atomic mass is 35.5. The van der Waals surface area contributed by atoms with Gasteiger partial charge in [-0.1, -0.05) is 28.9 Å². The van der Waals surface area contributed by atoms with Crippen LogP contribution in [-0.2, 0) is 17.7 Å². The number of benzene rings is 1. The summed E-state index contributed by atoms with van der Waals surface area (Å²) in [6.45, 7) is 1.96. The molecule has 0 aliphatic rings. The van der Waals surface area contributed by atoms with Crippen LogP contribution in [0.5, 0.6) is 0 Å². The van der Waals surface area contributed by atoms with E-state index in [4.69, 9.17) is 20.9 Å². The second-order valence-electron chi connectivity index (χ2n) is 4.08. The standard InChI is InChI=1S/C13H16ClN3O2/c1-18-6-5-15-9-13-16-12(17-19-13)8-10-3-2-4-11(14)7-10/h2-4,7,15H,5-6,8-9H2,1H3. The predicted molar refractivity (Wildman–Crippen MR) is 72.1 cm³/mol. The van der Waals surface area contributed by atoms with E-state index in [2.05, 4.69) is 15.5 Å². The average Bonchev–Trinajstić information content (AvgIpc) is 2.82. The zero-order chi connectivity index (χ0) is 13.5. The molecule has 0 radical (unpaired) electrons. The quantitative estimate of drug-likeness (QED) is 0.787. The molecular weight excluding hydrogens is 266 g/mol. The van der Waals surface area contributed by atoms with Crippen LogP contribution in [0.2, 0.25) is 5.02 Å². The van der Waals surface area contributed by atoms with E-state index in [1.165, 1.54) is 0 Å². The van der Waals surface area contributed by atoms with Gasteiger partial charge in [0.1, 0.15) is 0 Å². The maximum Gasteiger partial charge on any atom is 0.240 e. The van der Waals surface area contributed by atoms with Crippen LogP contribution in [0.1, 0.15) is 17.3 Å². The molecule has 0 spiro atoms. The van der Waals surface area contributed by atoms with E-state index in [9.17, 15) is 0 Å². The Kier molecular flexibility index (Phi) is 5.32. The van der Waals surface area contributed by atoms with Crippen molar-refractivity contribution in [2.45, 2.75) is 13.0 Å². The van der Waals surface area contributed by atoms with Crippen molar-refractivity contribution >= 4 is 11.6 Å². The molecule has 0 bridgehead atoms. The maximum atomic E-state index is 5.93. The number of nitrogens with zero attached hydrogens (tertiary/aromatic N) is 2. The maximum absolute atomic E-state index is 5.93. The van der Waals surface area contributed by atoms with Crippen LogP contribution in [0.3, 0.4) is 0 Å². The second kappa shape index (κ2) is 7.23. The van der Waals surface area contributed by atoms with Gasteiger partial charge < -0.3 is 14.6 Å². The zero-order valence-corrected chi connectivity index (χ0v) is 11.5. The lowest BCUT2D eigenvalue weighted by atomic mass is 10.1. The number of nitrogens with one attached hydrogen (secondary N) is 1. The number of hydrogen-bond acceptors (Lipinski definition) is 5. The summed E-state index contributed by atoms with van der Waals surface area (Å²) in [5.74, 6) is 1.24. The van der Waals surface area contributed by atoms with Gasteiger partial charge in [-0.2, -0.15) is 4.98 Å². The van der Waals surface area contributed by atoms with Crippen molar-refractivity contribution in [1.82, 2.24) is 15.5 Å². The SMILES string of the molecule is COCCNCc1nc(Cc2cccc(Cl)c2)no1. The molecular formula is C13H16ClN3O2. The smallest absolute Gasteiger partial charge is 0.240 e. The predicted octanol–water partition coefficient (Wildman–Crippen LogP) is 2.05. The first kappa shape index (κ1) is 14.0. The summed E-state index contributed by atoms with van der Waals surface area (Å²) in [6.07, 6.45) is 0.613. The number of rotatable bonds is 7. The van der Waals surface area contributed by atoms with E-state index in [0.29, 0.717) is 36.3 Å². The average molecular weight is 282 g/mol. The Morgan fingerprint density at radius 3 is 3.11 bits per heavy atom. The highest BCUT2D eigenvalue weighted by Gasteiger charge is 2.06. The minimum Gasteiger partial charge on any atom is -0.383 e. The molecule has 0 saturated heterocycles. The third-order valence-electron chi connectivity index (χ3n) is 2.52. The molecule has 102 valence electrons. The van der Waals surface area contributed by atoms with Crippen molar-refractivity contribution in [2.24, 2.45) is 0 Å². The van der Waals surface area contributed by atoms with Gasteiger partial charge in [0.25, 0.3) is 0 Å². The first-order valence-corrected chi connectivity index (χ1v) is 6.41. The van der Waals surface area contributed by atoms with E-state index in [1.807, 2.05) is 24.3 Å². The molecule has 0 atom stereocenters. The minimum atomic E-state index is 0.548. The van der Waals surface area contributed by atoms with Crippen LogP contribution >= 0.6 is 11.6 Å². The van der Waals surface area contributed by atoms with E-state index in [0.717, 1.165) is 12.1 Å². The van der Waals surface area contributed by atoms with Crippen molar-refractivity contribution in [3.63, 3.8) is 0 Å². The van der Waals surface area contributed by atoms with Crippen molar-refractivity contribution < 1.29 is 9.26 Å². The lowest BCUT2D eigenvalue weighted by Gasteiger charge is -1.98. The zero-order valence-electron chi connectivity index (χ0n) is 10.7. The van der Waals surface area contributed by atoms with Gasteiger partial charge in [-0.3, -0.25) is 0 Å². The topological polar surface area (TPSA) is 60.2 Å². The first-order chi connectivity index (χ1) is 9.28. The molecule has 2 rings (SSSR count). The fourth-order valence-corrected chi connectivity index (χ4v) is 1.85. The van der Waals surface area contributed by atoms with Crippen LogP contribution in [-0.4, -0.2) is 30.4 Å². The van der Waals surface area contributed by atoms with Gasteiger partial charge in [0.2, 0.25) is 5.89 Å². The Morgan fingerprint density at radius 1 is 1.42 bits per heavy atom. The van der Waals surface area contributed by atoms with Gasteiger partial charge in [0.15, 0.2) is 5.82 Å². The first-order valence-electron chi connectivity index (χ1n) is 6.03. The van der Waals surface area contributed by atoms with E-state index in [-0.39, 0.29) is 0 Å². The fourth-order valence-electron chi connectivity index (χ4n) is 1.63. The van der Waals surface area contributed by atoms with Gasteiger partial charge in [-0.05, 0) is 17.7 Å². The Morgan fingerprint density at radius 2 is 2.32 bits per heavy atom. The van der Waals surface area contributed by atoms with Gasteiger partial charge in [-0.25, -0.2) is 0 Å². The summed E-state index contributed by atoms with van der Waals surface area (Å²) in [4.78, 5) is 4.31. The Labute approximate surface area is 116 Å². The van der Waals surface area contributed by atoms with Crippen LogP contribution in [0.25, 0.3) is 0 Å². The van der Waals surface area contributed by atoms with E-state index in [1.54, 1.807) is 7.11 Å². The second-order valence-corrected chi connectivity index (χ2v) is 4.52. The molecule has 6 heteroatoms. The highest BCUT2D eigenvalue weighted by Crippen LogP contribution is 2.13. The fraction of sp³-hybridized carbons (Fsp3) is 0.385. The summed E-state index contributed by atoms with van der Waals surface area (Å²) < 4.78 is 10.1. The molecule has 1 N–H and O–H groups in total. The van der Waals surface area contributed by atoms with Crippen molar-refractivity contribution in [1.29, 1.82) is 0 Å². The number of ether oxygens (including phenoxy) is 1. The summed E-state index contributed by atoms with van der Waals surface area (Å²) in [7, 11) is 1.66. The third-order valence-corrected chi connectivity index (χ3v) is 2.76. The monoisotopic (exact) mass is 281 g/mol. The molecule has 0 aliphatic carbocycles. The largest absolute Gasteiger partial charge is 0.383 e. The number of halogens is 1. The summed E-state index contributed by atoms with van der Waals surface area (Å²) in [5.41, 5.74) is 1.06. The molecule has 0 amide bonds. The number of methoxy groups -OCH3 is 1. The molecule has 5 nitrogen and oxygen atoms in total. The minimum absolute atomic E-state index is 0.548. The highest BCUT2D eigenvalue weighted by molar-refractivity contribution is 6.30. The Hall–Kier alpha value is -1.43. The van der Waals surface area contributed by atoms with E-state index < -0.39 is 0 Å². The number of hydrogen-bond donors (Lipinski definition) is 1. The molecule has 0 aliphatic heterocycles. The Balaban J connectivity index is 1.87. The molecule has 0 fully saturated rings.